The third-order valence-electron chi connectivity index (χ3n) is 2.63. The van der Waals surface area contributed by atoms with E-state index in [1.807, 2.05) is 32.0 Å². The van der Waals surface area contributed by atoms with Gasteiger partial charge < -0.3 is 8.98 Å². The first-order chi connectivity index (χ1) is 7.22. The van der Waals surface area contributed by atoms with Gasteiger partial charge in [-0.25, -0.2) is 0 Å². The second-order valence-corrected chi connectivity index (χ2v) is 3.61. The Morgan fingerprint density at radius 1 is 1.47 bits per heavy atom. The van der Waals surface area contributed by atoms with Crippen LogP contribution < -0.4 is 0 Å². The molecular formula is C12H13NO2. The van der Waals surface area contributed by atoms with Crippen molar-refractivity contribution in [2.75, 3.05) is 0 Å². The Bertz CT molecular complexity index is 466. The number of nitrogens with zero attached hydrogens (tertiary/aromatic N) is 1. The first-order valence-electron chi connectivity index (χ1n) is 4.86. The summed E-state index contributed by atoms with van der Waals surface area (Å²) in [5.41, 5.74) is 2.81. The molecule has 2 rings (SSSR count). The Balaban J connectivity index is 2.36. The van der Waals surface area contributed by atoms with E-state index < -0.39 is 0 Å². The van der Waals surface area contributed by atoms with Gasteiger partial charge in [0.05, 0.1) is 12.8 Å². The van der Waals surface area contributed by atoms with Crippen LogP contribution in [0.15, 0.2) is 28.9 Å². The van der Waals surface area contributed by atoms with Gasteiger partial charge in [0.1, 0.15) is 5.76 Å². The summed E-state index contributed by atoms with van der Waals surface area (Å²) >= 11 is 0. The maximum absolute atomic E-state index is 10.8. The summed E-state index contributed by atoms with van der Waals surface area (Å²) in [5, 5.41) is 0. The molecule has 0 aliphatic carbocycles. The van der Waals surface area contributed by atoms with E-state index in [4.69, 9.17) is 4.42 Å². The number of aryl methyl sites for hydroxylation is 1. The molecule has 0 aliphatic rings. The van der Waals surface area contributed by atoms with Crippen LogP contribution in [0.2, 0.25) is 0 Å². The summed E-state index contributed by atoms with van der Waals surface area (Å²) in [6.07, 6.45) is 2.55. The van der Waals surface area contributed by atoms with E-state index in [9.17, 15) is 4.79 Å². The molecule has 78 valence electrons. The molecule has 0 aromatic carbocycles. The van der Waals surface area contributed by atoms with Crippen molar-refractivity contribution < 1.29 is 9.21 Å². The zero-order valence-electron chi connectivity index (χ0n) is 8.86. The van der Waals surface area contributed by atoms with Crippen LogP contribution >= 0.6 is 0 Å². The Morgan fingerprint density at radius 2 is 2.27 bits per heavy atom. The second kappa shape index (κ2) is 3.77. The van der Waals surface area contributed by atoms with Crippen LogP contribution in [0.25, 0.3) is 0 Å². The fourth-order valence-electron chi connectivity index (χ4n) is 1.75. The fourth-order valence-corrected chi connectivity index (χ4v) is 1.75. The number of furan rings is 1. The summed E-state index contributed by atoms with van der Waals surface area (Å²) in [6, 6.07) is 5.69. The molecule has 0 amide bonds. The van der Waals surface area contributed by atoms with Gasteiger partial charge in [-0.1, -0.05) is 0 Å². The average molecular weight is 203 g/mol. The molecule has 0 saturated carbocycles. The van der Waals surface area contributed by atoms with Gasteiger partial charge in [0, 0.05) is 17.0 Å². The standard InChI is InChI=1S/C12H13NO2/c1-9-6-11(8-14)10(2)13(9)7-12-4-3-5-15-12/h3-6,8H,7H2,1-2H3. The molecule has 0 saturated heterocycles. The number of aromatic nitrogens is 1. The normalized spacial score (nSPS) is 10.5. The number of hydrogen-bond acceptors (Lipinski definition) is 2. The van der Waals surface area contributed by atoms with E-state index in [-0.39, 0.29) is 0 Å². The maximum Gasteiger partial charge on any atom is 0.151 e. The van der Waals surface area contributed by atoms with Crippen molar-refractivity contribution in [3.63, 3.8) is 0 Å². The van der Waals surface area contributed by atoms with Crippen LogP contribution in [0.5, 0.6) is 0 Å². The zero-order valence-corrected chi connectivity index (χ0v) is 8.86. The number of aldehydes is 1. The monoisotopic (exact) mass is 203 g/mol. The molecule has 0 fully saturated rings. The molecule has 3 heteroatoms. The molecule has 15 heavy (non-hydrogen) atoms. The minimum Gasteiger partial charge on any atom is -0.467 e. The zero-order chi connectivity index (χ0) is 10.8. The summed E-state index contributed by atoms with van der Waals surface area (Å²) in [7, 11) is 0. The summed E-state index contributed by atoms with van der Waals surface area (Å²) in [5.74, 6) is 0.897. The van der Waals surface area contributed by atoms with E-state index >= 15 is 0 Å². The van der Waals surface area contributed by atoms with Gasteiger partial charge in [0.2, 0.25) is 0 Å². The van der Waals surface area contributed by atoms with Crippen LogP contribution in [0, 0.1) is 13.8 Å². The number of hydrogen-bond donors (Lipinski definition) is 0. The van der Waals surface area contributed by atoms with Gasteiger partial charge in [-0.05, 0) is 32.0 Å². The minimum absolute atomic E-state index is 0.679. The van der Waals surface area contributed by atoms with Crippen LogP contribution in [0.1, 0.15) is 27.5 Å². The van der Waals surface area contributed by atoms with E-state index in [1.165, 1.54) is 0 Å². The Kier molecular flexibility index (Phi) is 2.46. The molecule has 0 aliphatic heterocycles. The molecule has 0 spiro atoms. The fraction of sp³-hybridized carbons (Fsp3) is 0.250. The van der Waals surface area contributed by atoms with E-state index in [2.05, 4.69) is 4.57 Å². The second-order valence-electron chi connectivity index (χ2n) is 3.61. The first-order valence-corrected chi connectivity index (χ1v) is 4.86. The van der Waals surface area contributed by atoms with Gasteiger partial charge in [0.25, 0.3) is 0 Å². The third-order valence-corrected chi connectivity index (χ3v) is 2.63. The molecular weight excluding hydrogens is 190 g/mol. The topological polar surface area (TPSA) is 35.1 Å². The highest BCUT2D eigenvalue weighted by Crippen LogP contribution is 2.15. The Morgan fingerprint density at radius 3 is 2.80 bits per heavy atom. The van der Waals surface area contributed by atoms with Crippen LogP contribution in [0.4, 0.5) is 0 Å². The number of carbonyl (C=O) groups excluding carboxylic acids is 1. The van der Waals surface area contributed by atoms with Crippen LogP contribution in [-0.2, 0) is 6.54 Å². The first kappa shape index (κ1) is 9.77. The molecule has 0 N–H and O–H groups in total. The van der Waals surface area contributed by atoms with Crippen molar-refractivity contribution in [1.82, 2.24) is 4.57 Å². The molecule has 0 bridgehead atoms. The highest BCUT2D eigenvalue weighted by Gasteiger charge is 2.09. The van der Waals surface area contributed by atoms with Crippen molar-refractivity contribution in [1.29, 1.82) is 0 Å². The van der Waals surface area contributed by atoms with E-state index in [1.54, 1.807) is 6.26 Å². The molecule has 0 radical (unpaired) electrons. The summed E-state index contributed by atoms with van der Waals surface area (Å²) in [6.45, 7) is 4.61. The summed E-state index contributed by atoms with van der Waals surface area (Å²) < 4.78 is 7.35. The molecule has 2 heterocycles. The van der Waals surface area contributed by atoms with Crippen molar-refractivity contribution in [2.45, 2.75) is 20.4 Å². The SMILES string of the molecule is Cc1cc(C=O)c(C)n1Cc1ccco1. The largest absolute Gasteiger partial charge is 0.467 e. The maximum atomic E-state index is 10.8. The van der Waals surface area contributed by atoms with E-state index in [0.717, 1.165) is 29.0 Å². The minimum atomic E-state index is 0.679. The predicted molar refractivity (Wildman–Crippen MR) is 57.1 cm³/mol. The Labute approximate surface area is 88.3 Å². The van der Waals surface area contributed by atoms with Gasteiger partial charge in [-0.3, -0.25) is 4.79 Å². The van der Waals surface area contributed by atoms with Gasteiger partial charge in [-0.15, -0.1) is 0 Å². The molecule has 0 atom stereocenters. The van der Waals surface area contributed by atoms with E-state index in [0.29, 0.717) is 6.54 Å². The highest BCUT2D eigenvalue weighted by atomic mass is 16.3. The molecule has 3 nitrogen and oxygen atoms in total. The smallest absolute Gasteiger partial charge is 0.151 e. The molecule has 2 aromatic rings. The van der Waals surface area contributed by atoms with Crippen molar-refractivity contribution in [3.05, 3.63) is 47.2 Å². The van der Waals surface area contributed by atoms with Crippen LogP contribution in [-0.4, -0.2) is 10.9 Å². The molecule has 2 aromatic heterocycles. The predicted octanol–water partition coefficient (Wildman–Crippen LogP) is 2.56. The third kappa shape index (κ3) is 1.73. The lowest BCUT2D eigenvalue weighted by Crippen LogP contribution is -2.03. The molecule has 0 unspecified atom stereocenters. The number of carbonyl (C=O) groups is 1. The van der Waals surface area contributed by atoms with Gasteiger partial charge in [-0.2, -0.15) is 0 Å². The number of rotatable bonds is 3. The van der Waals surface area contributed by atoms with Crippen LogP contribution in [0.3, 0.4) is 0 Å². The lowest BCUT2D eigenvalue weighted by Gasteiger charge is -2.06. The lowest BCUT2D eigenvalue weighted by molar-refractivity contribution is 0.112. The van der Waals surface area contributed by atoms with Gasteiger partial charge >= 0.3 is 0 Å². The average Bonchev–Trinajstić information content (AvgIpc) is 2.81. The van der Waals surface area contributed by atoms with Crippen molar-refractivity contribution in [2.24, 2.45) is 0 Å². The van der Waals surface area contributed by atoms with Gasteiger partial charge in [0.15, 0.2) is 6.29 Å². The Hall–Kier alpha value is -1.77. The van der Waals surface area contributed by atoms with Crippen molar-refractivity contribution >= 4 is 6.29 Å². The lowest BCUT2D eigenvalue weighted by atomic mass is 10.3. The summed E-state index contributed by atoms with van der Waals surface area (Å²) in [4.78, 5) is 10.8. The highest BCUT2D eigenvalue weighted by molar-refractivity contribution is 5.77. The van der Waals surface area contributed by atoms with Crippen molar-refractivity contribution in [3.8, 4) is 0 Å². The quantitative estimate of drug-likeness (QED) is 0.718.